The van der Waals surface area contributed by atoms with E-state index >= 15 is 0 Å². The number of benzene rings is 1. The van der Waals surface area contributed by atoms with Crippen LogP contribution >= 0.6 is 12.4 Å². The number of fused-ring (bicyclic) bond motifs is 1. The summed E-state index contributed by atoms with van der Waals surface area (Å²) in [5.41, 5.74) is -0.0548. The highest BCUT2D eigenvalue weighted by Gasteiger charge is 2.32. The third kappa shape index (κ3) is 3.99. The first-order valence-electron chi connectivity index (χ1n) is 10.1. The van der Waals surface area contributed by atoms with Gasteiger partial charge in [-0.05, 0) is 38.0 Å². The maximum atomic E-state index is 13.1. The van der Waals surface area contributed by atoms with Crippen LogP contribution in [0.2, 0.25) is 0 Å². The molecule has 2 saturated heterocycles. The molecule has 2 aliphatic rings. The Kier molecular flexibility index (Phi) is 6.62. The summed E-state index contributed by atoms with van der Waals surface area (Å²) in [6.45, 7) is 4.91. The Hall–Kier alpha value is -2.65. The standard InChI is InChI=1S/C20H25N5O4.ClH/c1-2-24-19(28)15-6-5-13(10-16(15)22-20(24)29)18(27)23-8-3-4-14(12-23)25-9-7-21-11-17(25)26;/h5-6,10,14,21H,2-4,7-9,11-12H2,1H3,(H,22,29);1H. The van der Waals surface area contributed by atoms with E-state index in [1.165, 1.54) is 0 Å². The van der Waals surface area contributed by atoms with E-state index in [1.54, 1.807) is 30.0 Å². The largest absolute Gasteiger partial charge is 0.337 e. The Balaban J connectivity index is 0.00000256. The van der Waals surface area contributed by atoms with E-state index in [1.807, 2.05) is 4.90 Å². The van der Waals surface area contributed by atoms with Crippen LogP contribution in [0, 0.1) is 0 Å². The van der Waals surface area contributed by atoms with Crippen LogP contribution < -0.4 is 16.6 Å². The van der Waals surface area contributed by atoms with Gasteiger partial charge in [-0.25, -0.2) is 4.79 Å². The molecule has 3 heterocycles. The first-order valence-corrected chi connectivity index (χ1v) is 10.1. The zero-order valence-corrected chi connectivity index (χ0v) is 17.7. The van der Waals surface area contributed by atoms with Crippen molar-refractivity contribution < 1.29 is 9.59 Å². The third-order valence-electron chi connectivity index (χ3n) is 5.80. The summed E-state index contributed by atoms with van der Waals surface area (Å²) < 4.78 is 1.13. The normalized spacial score (nSPS) is 19.6. The summed E-state index contributed by atoms with van der Waals surface area (Å²) in [6, 6.07) is 4.82. The molecule has 10 heteroatoms. The number of piperazine rings is 1. The molecule has 1 unspecified atom stereocenters. The Bertz CT molecular complexity index is 1080. The molecule has 2 fully saturated rings. The van der Waals surface area contributed by atoms with Crippen LogP contribution in [-0.4, -0.2) is 69.9 Å². The van der Waals surface area contributed by atoms with Crippen LogP contribution in [-0.2, 0) is 11.3 Å². The Morgan fingerprint density at radius 3 is 2.73 bits per heavy atom. The number of carbonyl (C=O) groups excluding carboxylic acids is 2. The van der Waals surface area contributed by atoms with E-state index in [0.29, 0.717) is 42.6 Å². The van der Waals surface area contributed by atoms with Gasteiger partial charge in [0.25, 0.3) is 11.5 Å². The van der Waals surface area contributed by atoms with Crippen LogP contribution in [0.1, 0.15) is 30.1 Å². The van der Waals surface area contributed by atoms with Crippen molar-refractivity contribution in [1.82, 2.24) is 24.7 Å². The monoisotopic (exact) mass is 435 g/mol. The molecule has 0 spiro atoms. The second kappa shape index (κ2) is 9.01. The van der Waals surface area contributed by atoms with Crippen molar-refractivity contribution in [3.63, 3.8) is 0 Å². The molecule has 0 aliphatic carbocycles. The molecule has 0 saturated carbocycles. The quantitative estimate of drug-likeness (QED) is 0.714. The van der Waals surface area contributed by atoms with Crippen molar-refractivity contribution in [2.45, 2.75) is 32.4 Å². The van der Waals surface area contributed by atoms with Gasteiger partial charge in [0.05, 0.1) is 17.4 Å². The first-order chi connectivity index (χ1) is 14.0. The van der Waals surface area contributed by atoms with Crippen molar-refractivity contribution >= 4 is 35.1 Å². The minimum Gasteiger partial charge on any atom is -0.337 e. The zero-order valence-electron chi connectivity index (χ0n) is 16.8. The van der Waals surface area contributed by atoms with Crippen LogP contribution in [0.4, 0.5) is 0 Å². The SMILES string of the molecule is CCn1c(=O)[nH]c2cc(C(=O)N3CCCC(N4CCNCC4=O)C3)ccc2c1=O.Cl. The Morgan fingerprint density at radius 2 is 2.00 bits per heavy atom. The molecule has 0 radical (unpaired) electrons. The molecular weight excluding hydrogens is 410 g/mol. The number of hydrogen-bond acceptors (Lipinski definition) is 5. The molecule has 2 N–H and O–H groups in total. The number of hydrogen-bond donors (Lipinski definition) is 2. The lowest BCUT2D eigenvalue weighted by molar-refractivity contribution is -0.135. The van der Waals surface area contributed by atoms with E-state index in [4.69, 9.17) is 0 Å². The molecular formula is C20H26ClN5O4. The van der Waals surface area contributed by atoms with E-state index in [-0.39, 0.29) is 42.4 Å². The fourth-order valence-corrected chi connectivity index (χ4v) is 4.26. The number of carbonyl (C=O) groups is 2. The highest BCUT2D eigenvalue weighted by Crippen LogP contribution is 2.20. The number of aromatic amines is 1. The summed E-state index contributed by atoms with van der Waals surface area (Å²) in [4.78, 5) is 56.1. The number of nitrogens with zero attached hydrogens (tertiary/aromatic N) is 3. The molecule has 2 aromatic rings. The van der Waals surface area contributed by atoms with Gasteiger partial charge in [-0.1, -0.05) is 0 Å². The lowest BCUT2D eigenvalue weighted by atomic mass is 10.0. The third-order valence-corrected chi connectivity index (χ3v) is 5.80. The van der Waals surface area contributed by atoms with E-state index in [0.717, 1.165) is 24.0 Å². The summed E-state index contributed by atoms with van der Waals surface area (Å²) >= 11 is 0. The maximum absolute atomic E-state index is 13.1. The van der Waals surface area contributed by atoms with Crippen molar-refractivity contribution in [3.8, 4) is 0 Å². The van der Waals surface area contributed by atoms with Crippen LogP contribution in [0.3, 0.4) is 0 Å². The van der Waals surface area contributed by atoms with Gasteiger partial charge >= 0.3 is 5.69 Å². The second-order valence-electron chi connectivity index (χ2n) is 7.55. The fourth-order valence-electron chi connectivity index (χ4n) is 4.26. The smallest absolute Gasteiger partial charge is 0.328 e. The minimum atomic E-state index is -0.482. The van der Waals surface area contributed by atoms with E-state index in [9.17, 15) is 19.2 Å². The van der Waals surface area contributed by atoms with Gasteiger partial charge in [-0.3, -0.25) is 19.0 Å². The number of nitrogens with one attached hydrogen (secondary N) is 2. The average Bonchev–Trinajstić information content (AvgIpc) is 2.73. The predicted molar refractivity (Wildman–Crippen MR) is 115 cm³/mol. The molecule has 4 rings (SSSR count). The molecule has 1 aromatic carbocycles. The molecule has 2 amide bonds. The second-order valence-corrected chi connectivity index (χ2v) is 7.55. The summed E-state index contributed by atoms with van der Waals surface area (Å²) in [7, 11) is 0. The van der Waals surface area contributed by atoms with Crippen LogP contribution in [0.25, 0.3) is 10.9 Å². The van der Waals surface area contributed by atoms with Gasteiger partial charge in [-0.15, -0.1) is 12.4 Å². The van der Waals surface area contributed by atoms with E-state index < -0.39 is 5.69 Å². The maximum Gasteiger partial charge on any atom is 0.328 e. The summed E-state index contributed by atoms with van der Waals surface area (Å²) in [5.74, 6) is -0.0780. The van der Waals surface area contributed by atoms with Crippen molar-refractivity contribution in [3.05, 3.63) is 44.6 Å². The molecule has 1 aromatic heterocycles. The number of H-pyrrole nitrogens is 1. The Labute approximate surface area is 179 Å². The van der Waals surface area contributed by atoms with Gasteiger partial charge in [0.15, 0.2) is 0 Å². The Morgan fingerprint density at radius 1 is 1.20 bits per heavy atom. The fraction of sp³-hybridized carbons (Fsp3) is 0.500. The van der Waals surface area contributed by atoms with Gasteiger partial charge in [0.2, 0.25) is 5.91 Å². The minimum absolute atomic E-state index is 0. The zero-order chi connectivity index (χ0) is 20.5. The van der Waals surface area contributed by atoms with Crippen molar-refractivity contribution in [2.75, 3.05) is 32.7 Å². The molecule has 2 aliphatic heterocycles. The number of piperidine rings is 1. The van der Waals surface area contributed by atoms with Gasteiger partial charge in [-0.2, -0.15) is 0 Å². The van der Waals surface area contributed by atoms with Crippen LogP contribution in [0.15, 0.2) is 27.8 Å². The summed E-state index contributed by atoms with van der Waals surface area (Å²) in [6.07, 6.45) is 1.72. The topological polar surface area (TPSA) is 108 Å². The van der Waals surface area contributed by atoms with Gasteiger partial charge in [0.1, 0.15) is 0 Å². The highest BCUT2D eigenvalue weighted by atomic mass is 35.5. The first kappa shape index (κ1) is 22.0. The number of aromatic nitrogens is 2. The number of rotatable bonds is 3. The number of halogens is 1. The molecule has 162 valence electrons. The van der Waals surface area contributed by atoms with Gasteiger partial charge < -0.3 is 20.1 Å². The number of amides is 2. The predicted octanol–water partition coefficient (Wildman–Crippen LogP) is 0.168. The summed E-state index contributed by atoms with van der Waals surface area (Å²) in [5, 5.41) is 3.45. The highest BCUT2D eigenvalue weighted by molar-refractivity contribution is 5.97. The lowest BCUT2D eigenvalue weighted by Gasteiger charge is -2.41. The molecule has 30 heavy (non-hydrogen) atoms. The average molecular weight is 436 g/mol. The van der Waals surface area contributed by atoms with Crippen molar-refractivity contribution in [2.24, 2.45) is 0 Å². The van der Waals surface area contributed by atoms with Crippen LogP contribution in [0.5, 0.6) is 0 Å². The van der Waals surface area contributed by atoms with Crippen molar-refractivity contribution in [1.29, 1.82) is 0 Å². The van der Waals surface area contributed by atoms with Gasteiger partial charge in [0, 0.05) is 44.3 Å². The molecule has 0 bridgehead atoms. The van der Waals surface area contributed by atoms with E-state index in [2.05, 4.69) is 10.3 Å². The lowest BCUT2D eigenvalue weighted by Crippen LogP contribution is -2.57. The molecule has 9 nitrogen and oxygen atoms in total. The number of likely N-dealkylation sites (tertiary alicyclic amines) is 1. The molecule has 1 atom stereocenters.